The molecule has 0 amide bonds. The molecule has 7 aromatic rings. The van der Waals surface area contributed by atoms with E-state index in [0.29, 0.717) is 0 Å². The van der Waals surface area contributed by atoms with Crippen molar-refractivity contribution in [1.29, 1.82) is 0 Å². The molecule has 0 radical (unpaired) electrons. The van der Waals surface area contributed by atoms with Crippen LogP contribution in [0.5, 0.6) is 23.0 Å². The number of ether oxygens (including phenoxy) is 4. The molecule has 0 saturated heterocycles. The summed E-state index contributed by atoms with van der Waals surface area (Å²) in [6.45, 7) is 0. The first-order valence-electron chi connectivity index (χ1n) is 14.8. The standard InChI is InChI=1S/C40H33NO4/c1-42-29-17-9-25(10-18-29)35-36(26-11-19-30(43-2)20-12-26)38(28-15-23-32(45-4)24-16-28)40-39(33-7-5-6-8-34(33)41-40)37(35)27-13-21-31(44-3)22-14-27/h5-24,41H,1-4H3. The van der Waals surface area contributed by atoms with Gasteiger partial charge in [-0.2, -0.15) is 0 Å². The first kappa shape index (κ1) is 28.1. The number of nitrogens with one attached hydrogen (secondary N) is 1. The van der Waals surface area contributed by atoms with Crippen LogP contribution in [-0.2, 0) is 0 Å². The van der Waals surface area contributed by atoms with E-state index in [0.717, 1.165) is 89.3 Å². The van der Waals surface area contributed by atoms with Gasteiger partial charge in [-0.25, -0.2) is 0 Å². The highest BCUT2D eigenvalue weighted by molar-refractivity contribution is 6.25. The summed E-state index contributed by atoms with van der Waals surface area (Å²) in [4.78, 5) is 3.84. The van der Waals surface area contributed by atoms with Gasteiger partial charge in [0, 0.05) is 33.0 Å². The quantitative estimate of drug-likeness (QED) is 0.191. The van der Waals surface area contributed by atoms with E-state index in [9.17, 15) is 0 Å². The maximum atomic E-state index is 5.57. The Balaban J connectivity index is 1.72. The van der Waals surface area contributed by atoms with E-state index in [1.54, 1.807) is 28.4 Å². The Hall–Kier alpha value is -5.68. The minimum absolute atomic E-state index is 0.804. The molecule has 0 aliphatic heterocycles. The van der Waals surface area contributed by atoms with E-state index < -0.39 is 0 Å². The number of benzene rings is 6. The topological polar surface area (TPSA) is 52.7 Å². The van der Waals surface area contributed by atoms with Gasteiger partial charge in [-0.1, -0.05) is 66.7 Å². The Morgan fingerprint density at radius 1 is 0.378 bits per heavy atom. The van der Waals surface area contributed by atoms with Gasteiger partial charge in [0.05, 0.1) is 34.0 Å². The molecule has 0 aliphatic rings. The van der Waals surface area contributed by atoms with E-state index in [4.69, 9.17) is 18.9 Å². The molecular weight excluding hydrogens is 558 g/mol. The van der Waals surface area contributed by atoms with Gasteiger partial charge in [0.2, 0.25) is 0 Å². The van der Waals surface area contributed by atoms with Crippen LogP contribution in [-0.4, -0.2) is 33.4 Å². The molecule has 0 atom stereocenters. The minimum Gasteiger partial charge on any atom is -0.497 e. The van der Waals surface area contributed by atoms with Crippen molar-refractivity contribution in [3.63, 3.8) is 0 Å². The fourth-order valence-electron chi connectivity index (χ4n) is 6.27. The summed E-state index contributed by atoms with van der Waals surface area (Å²) in [5, 5.41) is 2.31. The second-order valence-corrected chi connectivity index (χ2v) is 10.8. The molecular formula is C40H33NO4. The third kappa shape index (κ3) is 4.92. The van der Waals surface area contributed by atoms with Gasteiger partial charge in [-0.15, -0.1) is 0 Å². The van der Waals surface area contributed by atoms with Crippen LogP contribution in [0.2, 0.25) is 0 Å². The molecule has 7 rings (SSSR count). The average Bonchev–Trinajstić information content (AvgIpc) is 3.50. The number of fused-ring (bicyclic) bond motifs is 3. The van der Waals surface area contributed by atoms with Crippen LogP contribution < -0.4 is 18.9 Å². The third-order valence-corrected chi connectivity index (χ3v) is 8.47. The van der Waals surface area contributed by atoms with Gasteiger partial charge in [0.25, 0.3) is 0 Å². The Labute approximate surface area is 262 Å². The van der Waals surface area contributed by atoms with Gasteiger partial charge in [-0.3, -0.25) is 0 Å². The molecule has 0 fully saturated rings. The van der Waals surface area contributed by atoms with E-state index in [1.165, 1.54) is 0 Å². The van der Waals surface area contributed by atoms with E-state index >= 15 is 0 Å². The number of aromatic nitrogens is 1. The molecule has 1 aromatic heterocycles. The SMILES string of the molecule is COc1ccc(-c2c(-c3ccc(OC)cc3)c(-c3ccc(OC)cc3)c3c([nH]c4ccccc43)c2-c2ccc(OC)cc2)cc1. The minimum atomic E-state index is 0.804. The van der Waals surface area contributed by atoms with Crippen LogP contribution in [0.3, 0.4) is 0 Å². The number of rotatable bonds is 8. The number of hydrogen-bond acceptors (Lipinski definition) is 4. The predicted molar refractivity (Wildman–Crippen MR) is 184 cm³/mol. The summed E-state index contributed by atoms with van der Waals surface area (Å²) in [5.41, 5.74) is 10.9. The first-order valence-corrected chi connectivity index (χ1v) is 14.8. The molecule has 1 heterocycles. The fraction of sp³-hybridized carbons (Fsp3) is 0.100. The van der Waals surface area contributed by atoms with E-state index in [1.807, 2.05) is 48.5 Å². The molecule has 0 unspecified atom stereocenters. The lowest BCUT2D eigenvalue weighted by Crippen LogP contribution is -1.97. The summed E-state index contributed by atoms with van der Waals surface area (Å²) in [5.74, 6) is 3.23. The molecule has 0 aliphatic carbocycles. The van der Waals surface area contributed by atoms with Gasteiger partial charge < -0.3 is 23.9 Å². The van der Waals surface area contributed by atoms with E-state index in [-0.39, 0.29) is 0 Å². The molecule has 1 N–H and O–H groups in total. The molecule has 5 heteroatoms. The van der Waals surface area contributed by atoms with Crippen molar-refractivity contribution in [2.24, 2.45) is 0 Å². The van der Waals surface area contributed by atoms with Crippen LogP contribution in [0.1, 0.15) is 0 Å². The Morgan fingerprint density at radius 3 is 1.16 bits per heavy atom. The van der Waals surface area contributed by atoms with Crippen LogP contribution >= 0.6 is 0 Å². The van der Waals surface area contributed by atoms with Gasteiger partial charge in [0.15, 0.2) is 0 Å². The maximum Gasteiger partial charge on any atom is 0.118 e. The highest BCUT2D eigenvalue weighted by atomic mass is 16.5. The summed E-state index contributed by atoms with van der Waals surface area (Å²) in [6, 6.07) is 41.8. The number of H-pyrrole nitrogens is 1. The zero-order valence-corrected chi connectivity index (χ0v) is 25.7. The summed E-state index contributed by atoms with van der Waals surface area (Å²) < 4.78 is 22.2. The zero-order chi connectivity index (χ0) is 30.9. The molecule has 0 spiro atoms. The van der Waals surface area contributed by atoms with Crippen LogP contribution in [0, 0.1) is 0 Å². The Bertz CT molecular complexity index is 2110. The van der Waals surface area contributed by atoms with Gasteiger partial charge in [-0.05, 0) is 82.4 Å². The highest BCUT2D eigenvalue weighted by Crippen LogP contribution is 2.52. The van der Waals surface area contributed by atoms with Crippen molar-refractivity contribution in [3.05, 3.63) is 121 Å². The van der Waals surface area contributed by atoms with Crippen LogP contribution in [0.15, 0.2) is 121 Å². The van der Waals surface area contributed by atoms with Crippen molar-refractivity contribution in [1.82, 2.24) is 4.98 Å². The molecule has 6 aromatic carbocycles. The molecule has 45 heavy (non-hydrogen) atoms. The van der Waals surface area contributed by atoms with Crippen molar-refractivity contribution in [2.75, 3.05) is 28.4 Å². The zero-order valence-electron chi connectivity index (χ0n) is 25.7. The second-order valence-electron chi connectivity index (χ2n) is 10.8. The molecule has 5 nitrogen and oxygen atoms in total. The lowest BCUT2D eigenvalue weighted by Gasteiger charge is -2.23. The lowest BCUT2D eigenvalue weighted by molar-refractivity contribution is 0.414. The summed E-state index contributed by atoms with van der Waals surface area (Å²) in [7, 11) is 6.78. The lowest BCUT2D eigenvalue weighted by atomic mass is 9.80. The van der Waals surface area contributed by atoms with Crippen molar-refractivity contribution in [2.45, 2.75) is 0 Å². The molecule has 222 valence electrons. The second kappa shape index (κ2) is 11.8. The van der Waals surface area contributed by atoms with Gasteiger partial charge in [0.1, 0.15) is 23.0 Å². The largest absolute Gasteiger partial charge is 0.497 e. The number of para-hydroxylation sites is 1. The third-order valence-electron chi connectivity index (χ3n) is 8.47. The average molecular weight is 592 g/mol. The molecule has 0 bridgehead atoms. The Kier molecular flexibility index (Phi) is 7.36. The normalized spacial score (nSPS) is 11.1. The van der Waals surface area contributed by atoms with Crippen LogP contribution in [0.4, 0.5) is 0 Å². The summed E-state index contributed by atoms with van der Waals surface area (Å²) >= 11 is 0. The van der Waals surface area contributed by atoms with Gasteiger partial charge >= 0.3 is 0 Å². The Morgan fingerprint density at radius 2 is 0.733 bits per heavy atom. The number of aromatic amines is 1. The van der Waals surface area contributed by atoms with Crippen LogP contribution in [0.25, 0.3) is 66.3 Å². The smallest absolute Gasteiger partial charge is 0.118 e. The van der Waals surface area contributed by atoms with Crippen molar-refractivity contribution < 1.29 is 18.9 Å². The summed E-state index contributed by atoms with van der Waals surface area (Å²) in [6.07, 6.45) is 0. The first-order chi connectivity index (χ1) is 22.1. The number of hydrogen-bond donors (Lipinski definition) is 1. The van der Waals surface area contributed by atoms with Crippen molar-refractivity contribution in [3.8, 4) is 67.5 Å². The maximum absolute atomic E-state index is 5.57. The molecule has 0 saturated carbocycles. The van der Waals surface area contributed by atoms with E-state index in [2.05, 4.69) is 77.8 Å². The number of methoxy groups -OCH3 is 4. The highest BCUT2D eigenvalue weighted by Gasteiger charge is 2.26. The van der Waals surface area contributed by atoms with Crippen molar-refractivity contribution >= 4 is 21.8 Å². The predicted octanol–water partition coefficient (Wildman–Crippen LogP) is 10.0. The monoisotopic (exact) mass is 591 g/mol. The fourth-order valence-corrected chi connectivity index (χ4v) is 6.27.